The van der Waals surface area contributed by atoms with Gasteiger partial charge in [-0.3, -0.25) is 14.4 Å². The molecule has 8 heteroatoms. The molecule has 0 saturated carbocycles. The molecule has 29 heavy (non-hydrogen) atoms. The molecule has 0 radical (unpaired) electrons. The highest BCUT2D eigenvalue weighted by Crippen LogP contribution is 2.25. The number of ether oxygens (including phenoxy) is 2. The molecule has 0 unspecified atom stereocenters. The maximum absolute atomic E-state index is 12.7. The van der Waals surface area contributed by atoms with Gasteiger partial charge in [0, 0.05) is 26.3 Å². The second-order valence-corrected chi connectivity index (χ2v) is 6.90. The Balaban J connectivity index is 1.71. The number of nitrogens with one attached hydrogen (secondary N) is 1. The molecule has 1 N–H and O–H groups in total. The van der Waals surface area contributed by atoms with Crippen molar-refractivity contribution in [2.75, 3.05) is 32.1 Å². The lowest BCUT2D eigenvalue weighted by Crippen LogP contribution is -2.36. The Labute approximate surface area is 169 Å². The summed E-state index contributed by atoms with van der Waals surface area (Å²) in [6.45, 7) is 1.11. The van der Waals surface area contributed by atoms with Crippen LogP contribution in [0.1, 0.15) is 29.6 Å². The van der Waals surface area contributed by atoms with Crippen LogP contribution >= 0.6 is 0 Å². The molecule has 0 spiro atoms. The smallest absolute Gasteiger partial charge is 0.274 e. The topological polar surface area (TPSA) is 89.9 Å². The number of rotatable bonds is 6. The first kappa shape index (κ1) is 20.4. The van der Waals surface area contributed by atoms with E-state index in [4.69, 9.17) is 9.47 Å². The molecule has 0 atom stereocenters. The first-order chi connectivity index (χ1) is 14.0. The van der Waals surface area contributed by atoms with Gasteiger partial charge in [0.2, 0.25) is 0 Å². The quantitative estimate of drug-likeness (QED) is 0.803. The van der Waals surface area contributed by atoms with Gasteiger partial charge in [0.25, 0.3) is 17.4 Å². The summed E-state index contributed by atoms with van der Waals surface area (Å²) in [7, 11) is 3.06. The minimum atomic E-state index is -0.504. The van der Waals surface area contributed by atoms with Gasteiger partial charge in [-0.15, -0.1) is 0 Å². The van der Waals surface area contributed by atoms with Crippen LogP contribution in [0.25, 0.3) is 0 Å². The van der Waals surface area contributed by atoms with E-state index in [0.29, 0.717) is 30.2 Å². The van der Waals surface area contributed by atoms with Crippen molar-refractivity contribution in [2.45, 2.75) is 19.3 Å². The first-order valence-electron chi connectivity index (χ1n) is 9.55. The molecule has 1 fully saturated rings. The van der Waals surface area contributed by atoms with Crippen molar-refractivity contribution >= 4 is 17.5 Å². The third kappa shape index (κ3) is 4.96. The number of aromatic nitrogens is 1. The molecule has 1 saturated heterocycles. The number of hydrogen-bond acceptors (Lipinski definition) is 5. The maximum atomic E-state index is 12.7. The predicted molar refractivity (Wildman–Crippen MR) is 109 cm³/mol. The Bertz CT molecular complexity index is 948. The van der Waals surface area contributed by atoms with Gasteiger partial charge in [0.15, 0.2) is 18.1 Å². The van der Waals surface area contributed by atoms with Crippen molar-refractivity contribution in [1.29, 1.82) is 0 Å². The molecule has 2 aromatic rings. The zero-order valence-corrected chi connectivity index (χ0v) is 16.6. The van der Waals surface area contributed by atoms with Gasteiger partial charge in [0.05, 0.1) is 12.7 Å². The van der Waals surface area contributed by atoms with Gasteiger partial charge in [-0.1, -0.05) is 12.1 Å². The summed E-state index contributed by atoms with van der Waals surface area (Å²) >= 11 is 0. The summed E-state index contributed by atoms with van der Waals surface area (Å²) in [6, 6.07) is 8.39. The van der Waals surface area contributed by atoms with Crippen LogP contribution in [-0.2, 0) is 11.8 Å². The van der Waals surface area contributed by atoms with Crippen molar-refractivity contribution in [3.8, 4) is 11.5 Å². The summed E-state index contributed by atoms with van der Waals surface area (Å²) in [4.78, 5) is 39.2. The van der Waals surface area contributed by atoms with E-state index in [0.717, 1.165) is 19.3 Å². The third-order valence-electron chi connectivity index (χ3n) is 4.78. The number of carbonyl (C=O) groups is 2. The number of hydrogen-bond donors (Lipinski definition) is 1. The van der Waals surface area contributed by atoms with Crippen molar-refractivity contribution in [1.82, 2.24) is 9.47 Å². The molecule has 0 aliphatic carbocycles. The Kier molecular flexibility index (Phi) is 6.54. The molecule has 1 aromatic carbocycles. The lowest BCUT2D eigenvalue weighted by molar-refractivity contribution is -0.118. The van der Waals surface area contributed by atoms with Gasteiger partial charge in [-0.2, -0.15) is 0 Å². The Morgan fingerprint density at radius 1 is 1.10 bits per heavy atom. The van der Waals surface area contributed by atoms with Crippen molar-refractivity contribution in [3.63, 3.8) is 0 Å². The summed E-state index contributed by atoms with van der Waals surface area (Å²) in [5, 5.41) is 2.55. The fourth-order valence-corrected chi connectivity index (χ4v) is 3.27. The molecular formula is C21H25N3O5. The lowest BCUT2D eigenvalue weighted by Gasteiger charge is -2.27. The number of nitrogens with zero attached hydrogens (tertiary/aromatic N) is 2. The highest BCUT2D eigenvalue weighted by molar-refractivity contribution is 5.97. The number of pyridine rings is 1. The van der Waals surface area contributed by atoms with Gasteiger partial charge >= 0.3 is 0 Å². The van der Waals surface area contributed by atoms with Crippen LogP contribution < -0.4 is 20.3 Å². The van der Waals surface area contributed by atoms with E-state index in [1.165, 1.54) is 23.9 Å². The summed E-state index contributed by atoms with van der Waals surface area (Å²) in [5.41, 5.74) is 0.0183. The number of benzene rings is 1. The molecule has 0 bridgehead atoms. The zero-order valence-electron chi connectivity index (χ0n) is 16.6. The van der Waals surface area contributed by atoms with Crippen molar-refractivity contribution < 1.29 is 19.1 Å². The van der Waals surface area contributed by atoms with Crippen LogP contribution in [0.3, 0.4) is 0 Å². The number of aryl methyl sites for hydroxylation is 1. The number of anilines is 1. The van der Waals surface area contributed by atoms with E-state index >= 15 is 0 Å². The van der Waals surface area contributed by atoms with Crippen LogP contribution in [0.15, 0.2) is 41.3 Å². The van der Waals surface area contributed by atoms with Crippen LogP contribution in [-0.4, -0.2) is 48.1 Å². The highest BCUT2D eigenvalue weighted by Gasteiger charge is 2.20. The highest BCUT2D eigenvalue weighted by atomic mass is 16.5. The lowest BCUT2D eigenvalue weighted by atomic mass is 10.1. The van der Waals surface area contributed by atoms with Gasteiger partial charge in [-0.05, 0) is 37.5 Å². The summed E-state index contributed by atoms with van der Waals surface area (Å²) in [5.74, 6) is 0.286. The molecular weight excluding hydrogens is 374 g/mol. The number of methoxy groups -OCH3 is 1. The second-order valence-electron chi connectivity index (χ2n) is 6.90. The predicted octanol–water partition coefficient (Wildman–Crippen LogP) is 2.04. The summed E-state index contributed by atoms with van der Waals surface area (Å²) < 4.78 is 12.0. The van der Waals surface area contributed by atoms with Crippen LogP contribution in [0.2, 0.25) is 0 Å². The van der Waals surface area contributed by atoms with E-state index in [-0.39, 0.29) is 18.2 Å². The van der Waals surface area contributed by atoms with Gasteiger partial charge in [-0.25, -0.2) is 0 Å². The number of carbonyl (C=O) groups excluding carboxylic acids is 2. The minimum Gasteiger partial charge on any atom is -0.493 e. The summed E-state index contributed by atoms with van der Waals surface area (Å²) in [6.07, 6.45) is 4.56. The minimum absolute atomic E-state index is 0.0454. The number of likely N-dealkylation sites (tertiary alicyclic amines) is 1. The zero-order chi connectivity index (χ0) is 20.8. The first-order valence-corrected chi connectivity index (χ1v) is 9.55. The standard InChI is InChI=1S/C21H25N3O5/c1-23-13-15(20(26)24-10-6-3-7-11-24)12-16(21(23)27)22-19(25)14-29-18-9-5-4-8-17(18)28-2/h4-5,8-9,12-13H,3,6-7,10-11,14H2,1-2H3,(H,22,25). The Morgan fingerprint density at radius 3 is 2.48 bits per heavy atom. The largest absolute Gasteiger partial charge is 0.493 e. The number of amides is 2. The van der Waals surface area contributed by atoms with Crippen molar-refractivity contribution in [3.05, 3.63) is 52.4 Å². The van der Waals surface area contributed by atoms with E-state index in [2.05, 4.69) is 5.32 Å². The average Bonchev–Trinajstić information content (AvgIpc) is 2.75. The SMILES string of the molecule is COc1ccccc1OCC(=O)Nc1cc(C(=O)N2CCCCC2)cn(C)c1=O. The van der Waals surface area contributed by atoms with Crippen LogP contribution in [0, 0.1) is 0 Å². The fourth-order valence-electron chi connectivity index (χ4n) is 3.27. The fraction of sp³-hybridized carbons (Fsp3) is 0.381. The average molecular weight is 399 g/mol. The molecule has 2 heterocycles. The molecule has 3 rings (SSSR count). The molecule has 154 valence electrons. The van der Waals surface area contributed by atoms with Crippen LogP contribution in [0.4, 0.5) is 5.69 Å². The second kappa shape index (κ2) is 9.27. The Morgan fingerprint density at radius 2 is 1.79 bits per heavy atom. The van der Waals surface area contributed by atoms with Crippen molar-refractivity contribution in [2.24, 2.45) is 7.05 Å². The molecule has 8 nitrogen and oxygen atoms in total. The third-order valence-corrected chi connectivity index (χ3v) is 4.78. The molecule has 1 aliphatic rings. The van der Waals surface area contributed by atoms with E-state index < -0.39 is 11.5 Å². The van der Waals surface area contributed by atoms with Gasteiger partial charge in [0.1, 0.15) is 5.69 Å². The number of para-hydroxylation sites is 2. The van der Waals surface area contributed by atoms with Crippen LogP contribution in [0.5, 0.6) is 11.5 Å². The molecule has 2 amide bonds. The normalized spacial score (nSPS) is 13.7. The van der Waals surface area contributed by atoms with E-state index in [1.807, 2.05) is 0 Å². The Hall–Kier alpha value is -3.29. The monoisotopic (exact) mass is 399 g/mol. The molecule has 1 aliphatic heterocycles. The van der Waals surface area contributed by atoms with E-state index in [9.17, 15) is 14.4 Å². The molecule has 1 aromatic heterocycles. The van der Waals surface area contributed by atoms with Gasteiger partial charge < -0.3 is 24.3 Å². The number of piperidine rings is 1. The van der Waals surface area contributed by atoms with E-state index in [1.54, 1.807) is 36.2 Å². The maximum Gasteiger partial charge on any atom is 0.274 e.